The van der Waals surface area contributed by atoms with E-state index in [1.165, 1.54) is 12.1 Å². The second-order valence-corrected chi connectivity index (χ2v) is 4.82. The molecule has 0 aromatic heterocycles. The van der Waals surface area contributed by atoms with Crippen molar-refractivity contribution in [3.8, 4) is 0 Å². The number of alkyl halides is 3. The number of nitrogen functional groups attached to an aromatic ring is 1. The van der Waals surface area contributed by atoms with Gasteiger partial charge in [0.25, 0.3) is 5.91 Å². The molecule has 1 unspecified atom stereocenters. The average molecular weight is 301 g/mol. The monoisotopic (exact) mass is 301 g/mol. The lowest BCUT2D eigenvalue weighted by molar-refractivity contribution is -0.157. The largest absolute Gasteiger partial charge is 0.406 e. The number of nitrogens with one attached hydrogen (secondary N) is 1. The number of nitrogens with zero attached hydrogens (tertiary/aromatic N) is 1. The summed E-state index contributed by atoms with van der Waals surface area (Å²) in [6.07, 6.45) is -4.29. The van der Waals surface area contributed by atoms with Crippen LogP contribution in [-0.2, 0) is 4.79 Å². The third-order valence-corrected chi connectivity index (χ3v) is 3.12. The van der Waals surface area contributed by atoms with Crippen molar-refractivity contribution in [1.29, 1.82) is 0 Å². The van der Waals surface area contributed by atoms with Crippen LogP contribution in [-0.4, -0.2) is 42.0 Å². The SMILES string of the molecule is Nc1cccc(C(=O)NC2CCN(CC(F)(F)F)C2=O)c1. The zero-order valence-electron chi connectivity index (χ0n) is 11.0. The predicted octanol–water partition coefficient (Wildman–Crippen LogP) is 1.16. The first kappa shape index (κ1) is 15.1. The molecular formula is C13H14F3N3O2. The van der Waals surface area contributed by atoms with Gasteiger partial charge in [-0.25, -0.2) is 0 Å². The van der Waals surface area contributed by atoms with Gasteiger partial charge in [-0.05, 0) is 24.6 Å². The van der Waals surface area contributed by atoms with Crippen LogP contribution in [0, 0.1) is 0 Å². The maximum Gasteiger partial charge on any atom is 0.406 e. The molecule has 1 aliphatic rings. The van der Waals surface area contributed by atoms with Crippen LogP contribution in [0.3, 0.4) is 0 Å². The molecule has 0 aliphatic carbocycles. The lowest BCUT2D eigenvalue weighted by Crippen LogP contribution is -2.43. The number of nitrogens with two attached hydrogens (primary N) is 1. The fourth-order valence-corrected chi connectivity index (χ4v) is 2.17. The van der Waals surface area contributed by atoms with Crippen molar-refractivity contribution in [2.24, 2.45) is 0 Å². The van der Waals surface area contributed by atoms with Crippen molar-refractivity contribution in [2.45, 2.75) is 18.6 Å². The molecule has 0 radical (unpaired) electrons. The average Bonchev–Trinajstić information content (AvgIpc) is 2.69. The van der Waals surface area contributed by atoms with Crippen LogP contribution >= 0.6 is 0 Å². The quantitative estimate of drug-likeness (QED) is 0.823. The molecule has 8 heteroatoms. The van der Waals surface area contributed by atoms with E-state index in [-0.39, 0.29) is 18.5 Å². The highest BCUT2D eigenvalue weighted by molar-refractivity contribution is 5.98. The number of carbonyl (C=O) groups excluding carboxylic acids is 2. The van der Waals surface area contributed by atoms with Gasteiger partial charge in [0.15, 0.2) is 0 Å². The molecule has 5 nitrogen and oxygen atoms in total. The second-order valence-electron chi connectivity index (χ2n) is 4.82. The van der Waals surface area contributed by atoms with Gasteiger partial charge in [-0.2, -0.15) is 13.2 Å². The van der Waals surface area contributed by atoms with Gasteiger partial charge in [0, 0.05) is 17.8 Å². The van der Waals surface area contributed by atoms with Crippen LogP contribution < -0.4 is 11.1 Å². The topological polar surface area (TPSA) is 75.4 Å². The first-order valence-corrected chi connectivity index (χ1v) is 6.28. The molecule has 1 atom stereocenters. The van der Waals surface area contributed by atoms with Gasteiger partial charge in [-0.3, -0.25) is 9.59 Å². The minimum atomic E-state index is -4.44. The maximum atomic E-state index is 12.3. The van der Waals surface area contributed by atoms with Crippen molar-refractivity contribution >= 4 is 17.5 Å². The fourth-order valence-electron chi connectivity index (χ4n) is 2.17. The predicted molar refractivity (Wildman–Crippen MR) is 69.4 cm³/mol. The van der Waals surface area contributed by atoms with Gasteiger partial charge in [0.05, 0.1) is 0 Å². The second kappa shape index (κ2) is 5.63. The van der Waals surface area contributed by atoms with Crippen molar-refractivity contribution < 1.29 is 22.8 Å². The molecule has 0 bridgehead atoms. The summed E-state index contributed by atoms with van der Waals surface area (Å²) >= 11 is 0. The van der Waals surface area contributed by atoms with E-state index in [4.69, 9.17) is 5.73 Å². The number of rotatable bonds is 3. The van der Waals surface area contributed by atoms with Crippen molar-refractivity contribution in [2.75, 3.05) is 18.8 Å². The summed E-state index contributed by atoms with van der Waals surface area (Å²) in [6.45, 7) is -1.32. The zero-order valence-corrected chi connectivity index (χ0v) is 11.0. The lowest BCUT2D eigenvalue weighted by atomic mass is 10.1. The smallest absolute Gasteiger partial charge is 0.399 e. The Labute approximate surface area is 118 Å². The van der Waals surface area contributed by atoms with Crippen molar-refractivity contribution in [3.63, 3.8) is 0 Å². The number of hydrogen-bond acceptors (Lipinski definition) is 3. The van der Waals surface area contributed by atoms with Crippen LogP contribution in [0.4, 0.5) is 18.9 Å². The highest BCUT2D eigenvalue weighted by Crippen LogP contribution is 2.21. The van der Waals surface area contributed by atoms with Gasteiger partial charge in [0.2, 0.25) is 5.91 Å². The molecule has 1 aromatic carbocycles. The summed E-state index contributed by atoms with van der Waals surface area (Å²) in [5.74, 6) is -1.25. The number of benzene rings is 1. The minimum absolute atomic E-state index is 0.0276. The first-order chi connectivity index (χ1) is 9.76. The molecule has 1 fully saturated rings. The molecule has 114 valence electrons. The Balaban J connectivity index is 1.98. The maximum absolute atomic E-state index is 12.3. The Morgan fingerprint density at radius 3 is 2.76 bits per heavy atom. The third-order valence-electron chi connectivity index (χ3n) is 3.12. The van der Waals surface area contributed by atoms with E-state index in [2.05, 4.69) is 5.32 Å². The summed E-state index contributed by atoms with van der Waals surface area (Å²) in [5, 5.41) is 2.43. The van der Waals surface area contributed by atoms with Crippen molar-refractivity contribution in [1.82, 2.24) is 10.2 Å². The number of anilines is 1. The molecule has 1 saturated heterocycles. The molecule has 21 heavy (non-hydrogen) atoms. The summed E-state index contributed by atoms with van der Waals surface area (Å²) in [7, 11) is 0. The zero-order chi connectivity index (χ0) is 15.6. The van der Waals surface area contributed by atoms with Crippen LogP contribution in [0.15, 0.2) is 24.3 Å². The van der Waals surface area contributed by atoms with Crippen LogP contribution in [0.2, 0.25) is 0 Å². The standard InChI is InChI=1S/C13H14F3N3O2/c14-13(15,16)7-19-5-4-10(12(19)21)18-11(20)8-2-1-3-9(17)6-8/h1-3,6,10H,4-5,7,17H2,(H,18,20). The van der Waals surface area contributed by atoms with Crippen molar-refractivity contribution in [3.05, 3.63) is 29.8 Å². The Morgan fingerprint density at radius 1 is 1.43 bits per heavy atom. The van der Waals surface area contributed by atoms with Crippen LogP contribution in [0.1, 0.15) is 16.8 Å². The Hall–Kier alpha value is -2.25. The first-order valence-electron chi connectivity index (χ1n) is 6.28. The molecule has 3 N–H and O–H groups in total. The Bertz CT molecular complexity index is 560. The van der Waals surface area contributed by atoms with E-state index in [1.807, 2.05) is 0 Å². The molecule has 2 rings (SSSR count). The van der Waals surface area contributed by atoms with E-state index in [1.54, 1.807) is 12.1 Å². The van der Waals surface area contributed by atoms with Gasteiger partial charge < -0.3 is 16.0 Å². The van der Waals surface area contributed by atoms with E-state index in [9.17, 15) is 22.8 Å². The highest BCUT2D eigenvalue weighted by Gasteiger charge is 2.39. The van der Waals surface area contributed by atoms with Gasteiger partial charge >= 0.3 is 6.18 Å². The van der Waals surface area contributed by atoms with Gasteiger partial charge in [-0.1, -0.05) is 6.07 Å². The molecule has 1 heterocycles. The molecule has 0 spiro atoms. The molecule has 1 aromatic rings. The Kier molecular flexibility index (Phi) is 4.06. The third kappa shape index (κ3) is 3.87. The van der Waals surface area contributed by atoms with E-state index in [0.29, 0.717) is 10.6 Å². The van der Waals surface area contributed by atoms with Crippen LogP contribution in [0.25, 0.3) is 0 Å². The summed E-state index contributed by atoms with van der Waals surface area (Å²) in [5.41, 5.74) is 6.19. The van der Waals surface area contributed by atoms with E-state index >= 15 is 0 Å². The summed E-state index contributed by atoms with van der Waals surface area (Å²) in [6, 6.07) is 5.20. The summed E-state index contributed by atoms with van der Waals surface area (Å²) < 4.78 is 36.9. The highest BCUT2D eigenvalue weighted by atomic mass is 19.4. The number of hydrogen-bond donors (Lipinski definition) is 2. The molecule has 0 saturated carbocycles. The van der Waals surface area contributed by atoms with Gasteiger partial charge in [0.1, 0.15) is 12.6 Å². The van der Waals surface area contributed by atoms with Crippen LogP contribution in [0.5, 0.6) is 0 Å². The molecule has 1 aliphatic heterocycles. The fraction of sp³-hybridized carbons (Fsp3) is 0.385. The lowest BCUT2D eigenvalue weighted by Gasteiger charge is -2.18. The normalized spacial score (nSPS) is 18.9. The number of amides is 2. The Morgan fingerprint density at radius 2 is 2.14 bits per heavy atom. The van der Waals surface area contributed by atoms with Gasteiger partial charge in [-0.15, -0.1) is 0 Å². The summed E-state index contributed by atoms with van der Waals surface area (Å²) in [4.78, 5) is 24.4. The molecular weight excluding hydrogens is 287 g/mol. The van der Waals surface area contributed by atoms with E-state index < -0.39 is 30.6 Å². The molecule has 2 amide bonds. The number of likely N-dealkylation sites (tertiary alicyclic amines) is 1. The number of halogens is 3. The minimum Gasteiger partial charge on any atom is -0.399 e. The van der Waals surface area contributed by atoms with E-state index in [0.717, 1.165) is 0 Å². The number of carbonyl (C=O) groups is 2.